The number of aliphatic hydroxyl groups excluding tert-OH is 1. The summed E-state index contributed by atoms with van der Waals surface area (Å²) in [6.07, 6.45) is 2.74. The molecule has 1 aromatic heterocycles. The van der Waals surface area contributed by atoms with Gasteiger partial charge < -0.3 is 14.8 Å². The van der Waals surface area contributed by atoms with Crippen LogP contribution in [0.4, 0.5) is 0 Å². The minimum atomic E-state index is -0.474. The standard InChI is InChI=1S/C18H26N2O2/c1-12-6-13(2)10-20(9-12)11-18(21)16-8-19-17-5-4-14(22-3)7-15(16)17/h4-5,7-8,12-13,18-19,21H,6,9-11H2,1-3H3/t12-,13-,18-/m1/s1. The number of fused-ring (bicyclic) bond motifs is 1. The van der Waals surface area contributed by atoms with Crippen molar-refractivity contribution >= 4 is 10.9 Å². The number of aliphatic hydroxyl groups is 1. The van der Waals surface area contributed by atoms with Gasteiger partial charge in [-0.1, -0.05) is 13.8 Å². The highest BCUT2D eigenvalue weighted by Gasteiger charge is 2.24. The normalized spacial score (nSPS) is 24.5. The van der Waals surface area contributed by atoms with E-state index in [1.807, 2.05) is 24.4 Å². The fourth-order valence-electron chi connectivity index (χ4n) is 3.81. The van der Waals surface area contributed by atoms with Crippen LogP contribution in [0.3, 0.4) is 0 Å². The van der Waals surface area contributed by atoms with Crippen molar-refractivity contribution in [3.63, 3.8) is 0 Å². The van der Waals surface area contributed by atoms with E-state index in [-0.39, 0.29) is 0 Å². The third kappa shape index (κ3) is 3.13. The van der Waals surface area contributed by atoms with Gasteiger partial charge in [0.2, 0.25) is 0 Å². The third-order valence-corrected chi connectivity index (χ3v) is 4.66. The van der Waals surface area contributed by atoms with Crippen molar-refractivity contribution in [2.75, 3.05) is 26.7 Å². The van der Waals surface area contributed by atoms with Gasteiger partial charge in [-0.15, -0.1) is 0 Å². The number of β-amino-alcohol motifs (C(OH)–C–C–N with tert-alkyl or cyclic N) is 1. The van der Waals surface area contributed by atoms with Crippen LogP contribution < -0.4 is 4.74 Å². The van der Waals surface area contributed by atoms with Crippen LogP contribution in [0.15, 0.2) is 24.4 Å². The summed E-state index contributed by atoms with van der Waals surface area (Å²) < 4.78 is 5.30. The van der Waals surface area contributed by atoms with Crippen molar-refractivity contribution in [2.24, 2.45) is 11.8 Å². The topological polar surface area (TPSA) is 48.5 Å². The number of hydrogen-bond donors (Lipinski definition) is 2. The molecule has 0 radical (unpaired) electrons. The highest BCUT2D eigenvalue weighted by atomic mass is 16.5. The third-order valence-electron chi connectivity index (χ3n) is 4.66. The Kier molecular flexibility index (Phi) is 4.41. The van der Waals surface area contributed by atoms with Gasteiger partial charge in [0.05, 0.1) is 13.2 Å². The second kappa shape index (κ2) is 6.31. The number of benzene rings is 1. The molecule has 1 aliphatic heterocycles. The molecule has 22 heavy (non-hydrogen) atoms. The van der Waals surface area contributed by atoms with E-state index in [0.717, 1.165) is 35.3 Å². The number of rotatable bonds is 4. The molecule has 0 saturated carbocycles. The number of nitrogens with one attached hydrogen (secondary N) is 1. The van der Waals surface area contributed by atoms with Crippen molar-refractivity contribution in [3.8, 4) is 5.75 Å². The Hall–Kier alpha value is -1.52. The molecule has 0 amide bonds. The molecule has 1 saturated heterocycles. The number of hydrogen-bond acceptors (Lipinski definition) is 3. The van der Waals surface area contributed by atoms with Crippen LogP contribution in [-0.2, 0) is 0 Å². The molecule has 0 spiro atoms. The lowest BCUT2D eigenvalue weighted by atomic mass is 9.91. The summed E-state index contributed by atoms with van der Waals surface area (Å²) in [4.78, 5) is 5.63. The van der Waals surface area contributed by atoms with Gasteiger partial charge in [-0.05, 0) is 36.5 Å². The first-order valence-corrected chi connectivity index (χ1v) is 8.12. The van der Waals surface area contributed by atoms with Gasteiger partial charge in [-0.2, -0.15) is 0 Å². The maximum absolute atomic E-state index is 10.7. The lowest BCUT2D eigenvalue weighted by Gasteiger charge is -2.36. The van der Waals surface area contributed by atoms with E-state index in [1.54, 1.807) is 7.11 Å². The van der Waals surface area contributed by atoms with Crippen molar-refractivity contribution < 1.29 is 9.84 Å². The number of piperidine rings is 1. The zero-order valence-electron chi connectivity index (χ0n) is 13.7. The number of nitrogens with zero attached hydrogens (tertiary/aromatic N) is 1. The summed E-state index contributed by atoms with van der Waals surface area (Å²) in [5.74, 6) is 2.23. The predicted octanol–water partition coefficient (Wildman–Crippen LogP) is 3.19. The molecule has 120 valence electrons. The summed E-state index contributed by atoms with van der Waals surface area (Å²) in [5.41, 5.74) is 2.00. The van der Waals surface area contributed by atoms with E-state index in [0.29, 0.717) is 18.4 Å². The average Bonchev–Trinajstić information content (AvgIpc) is 2.88. The second-order valence-corrected chi connectivity index (χ2v) is 6.84. The SMILES string of the molecule is COc1ccc2[nH]cc([C@H](O)CN3C[C@H](C)C[C@@H](C)C3)c2c1. The monoisotopic (exact) mass is 302 g/mol. The Morgan fingerprint density at radius 3 is 2.73 bits per heavy atom. The smallest absolute Gasteiger partial charge is 0.119 e. The highest BCUT2D eigenvalue weighted by Crippen LogP contribution is 2.29. The maximum Gasteiger partial charge on any atom is 0.119 e. The fraction of sp³-hybridized carbons (Fsp3) is 0.556. The van der Waals surface area contributed by atoms with Crippen molar-refractivity contribution in [3.05, 3.63) is 30.0 Å². The molecule has 1 aromatic carbocycles. The molecular formula is C18H26N2O2. The summed E-state index contributed by atoms with van der Waals surface area (Å²) in [6, 6.07) is 5.92. The summed E-state index contributed by atoms with van der Waals surface area (Å²) in [6.45, 7) is 7.44. The first kappa shape index (κ1) is 15.4. The van der Waals surface area contributed by atoms with Crippen molar-refractivity contribution in [1.82, 2.24) is 9.88 Å². The minimum Gasteiger partial charge on any atom is -0.497 e. The molecule has 0 unspecified atom stereocenters. The van der Waals surface area contributed by atoms with E-state index in [2.05, 4.69) is 23.7 Å². The quantitative estimate of drug-likeness (QED) is 0.912. The first-order chi connectivity index (χ1) is 10.6. The largest absolute Gasteiger partial charge is 0.497 e. The molecule has 2 aromatic rings. The van der Waals surface area contributed by atoms with Gasteiger partial charge in [-0.3, -0.25) is 4.90 Å². The van der Waals surface area contributed by atoms with Gasteiger partial charge in [-0.25, -0.2) is 0 Å². The molecule has 4 heteroatoms. The molecule has 1 fully saturated rings. The van der Waals surface area contributed by atoms with E-state index < -0.39 is 6.10 Å². The molecule has 3 atom stereocenters. The number of H-pyrrole nitrogens is 1. The summed E-state index contributed by atoms with van der Waals surface area (Å²) >= 11 is 0. The van der Waals surface area contributed by atoms with Gasteiger partial charge in [0.15, 0.2) is 0 Å². The highest BCUT2D eigenvalue weighted by molar-refractivity contribution is 5.85. The van der Waals surface area contributed by atoms with Crippen LogP contribution in [0.5, 0.6) is 5.75 Å². The van der Waals surface area contributed by atoms with Gasteiger partial charge in [0, 0.05) is 42.3 Å². The Labute approximate surface area is 132 Å². The summed E-state index contributed by atoms with van der Waals surface area (Å²) in [7, 11) is 1.67. The van der Waals surface area contributed by atoms with E-state index in [9.17, 15) is 5.11 Å². The Balaban J connectivity index is 1.78. The zero-order valence-corrected chi connectivity index (χ0v) is 13.7. The number of ether oxygens (including phenoxy) is 1. The Bertz CT molecular complexity index is 627. The van der Waals surface area contributed by atoms with Gasteiger partial charge in [0.25, 0.3) is 0 Å². The van der Waals surface area contributed by atoms with Crippen molar-refractivity contribution in [2.45, 2.75) is 26.4 Å². The number of likely N-dealkylation sites (tertiary alicyclic amines) is 1. The average molecular weight is 302 g/mol. The number of aromatic nitrogens is 1. The molecule has 0 aliphatic carbocycles. The Morgan fingerprint density at radius 1 is 1.32 bits per heavy atom. The van der Waals surface area contributed by atoms with Crippen LogP contribution >= 0.6 is 0 Å². The van der Waals surface area contributed by atoms with Crippen LogP contribution in [0.2, 0.25) is 0 Å². The molecule has 1 aliphatic rings. The van der Waals surface area contributed by atoms with E-state index in [1.165, 1.54) is 6.42 Å². The van der Waals surface area contributed by atoms with Crippen LogP contribution in [0.1, 0.15) is 31.9 Å². The van der Waals surface area contributed by atoms with Crippen LogP contribution in [-0.4, -0.2) is 41.7 Å². The predicted molar refractivity (Wildman–Crippen MR) is 89.2 cm³/mol. The van der Waals surface area contributed by atoms with Crippen LogP contribution in [0.25, 0.3) is 10.9 Å². The minimum absolute atomic E-state index is 0.474. The maximum atomic E-state index is 10.7. The van der Waals surface area contributed by atoms with Crippen molar-refractivity contribution in [1.29, 1.82) is 0 Å². The number of methoxy groups -OCH3 is 1. The zero-order chi connectivity index (χ0) is 15.7. The van der Waals surface area contributed by atoms with E-state index in [4.69, 9.17) is 4.74 Å². The van der Waals surface area contributed by atoms with Crippen LogP contribution in [0, 0.1) is 11.8 Å². The van der Waals surface area contributed by atoms with Gasteiger partial charge >= 0.3 is 0 Å². The molecule has 2 heterocycles. The Morgan fingerprint density at radius 2 is 2.05 bits per heavy atom. The lowest BCUT2D eigenvalue weighted by molar-refractivity contribution is 0.0706. The van der Waals surface area contributed by atoms with E-state index >= 15 is 0 Å². The lowest BCUT2D eigenvalue weighted by Crippen LogP contribution is -2.40. The molecule has 4 nitrogen and oxygen atoms in total. The fourth-order valence-corrected chi connectivity index (χ4v) is 3.81. The molecule has 3 rings (SSSR count). The molecule has 2 N–H and O–H groups in total. The second-order valence-electron chi connectivity index (χ2n) is 6.84. The molecular weight excluding hydrogens is 276 g/mol. The first-order valence-electron chi connectivity index (χ1n) is 8.12. The number of aromatic amines is 1. The van der Waals surface area contributed by atoms with Gasteiger partial charge in [0.1, 0.15) is 5.75 Å². The molecule has 0 bridgehead atoms. The summed E-state index contributed by atoms with van der Waals surface area (Å²) in [5, 5.41) is 11.7.